The maximum atomic E-state index is 11.8. The lowest BCUT2D eigenvalue weighted by Gasteiger charge is -2.32. The molecule has 0 rings (SSSR count). The van der Waals surface area contributed by atoms with Gasteiger partial charge in [0, 0.05) is 11.9 Å². The summed E-state index contributed by atoms with van der Waals surface area (Å²) in [4.78, 5) is 23.3. The molecule has 0 bridgehead atoms. The third-order valence-corrected chi connectivity index (χ3v) is 2.82. The number of amides is 2. The third-order valence-electron chi connectivity index (χ3n) is 2.50. The van der Waals surface area contributed by atoms with Gasteiger partial charge in [-0.05, 0) is 26.2 Å². The average molecular weight is 367 g/mol. The number of alkyl carbamates (subject to hydrolysis) is 2. The maximum Gasteiger partial charge on any atom is 0.407 e. The fraction of sp³-hybridized carbons (Fsp3) is 0.857. The van der Waals surface area contributed by atoms with Gasteiger partial charge in [0.15, 0.2) is 0 Å². The van der Waals surface area contributed by atoms with Crippen molar-refractivity contribution in [2.45, 2.75) is 53.2 Å². The molecule has 0 radical (unpaired) electrons. The molecule has 0 unspecified atom stereocenters. The molecule has 0 aromatic heterocycles. The zero-order chi connectivity index (χ0) is 16.7. The monoisotopic (exact) mass is 366 g/mol. The van der Waals surface area contributed by atoms with E-state index in [-0.39, 0.29) is 18.0 Å². The number of carbonyl (C=O) groups excluding carboxylic acids is 2. The predicted octanol–water partition coefficient (Wildman–Crippen LogP) is 3.05. The Hall–Kier alpha value is -0.980. The summed E-state index contributed by atoms with van der Waals surface area (Å²) in [6.07, 6.45) is -1.01. The minimum absolute atomic E-state index is 0.237. The van der Waals surface area contributed by atoms with E-state index in [1.165, 1.54) is 0 Å². The summed E-state index contributed by atoms with van der Waals surface area (Å²) in [6, 6.07) is -0.274. The Balaban J connectivity index is 4.48. The molecule has 0 aromatic rings. The van der Waals surface area contributed by atoms with Crippen molar-refractivity contribution < 1.29 is 19.1 Å². The van der Waals surface area contributed by atoms with Gasteiger partial charge in [-0.2, -0.15) is 0 Å². The van der Waals surface area contributed by atoms with Crippen molar-refractivity contribution in [2.75, 3.05) is 18.5 Å². The number of alkyl halides is 1. The second-order valence-corrected chi connectivity index (χ2v) is 7.56. The van der Waals surface area contributed by atoms with Crippen LogP contribution in [0.25, 0.3) is 0 Å². The molecule has 0 aromatic carbocycles. The number of ether oxygens (including phenoxy) is 2. The Kier molecular flexibility index (Phi) is 8.06. The second kappa shape index (κ2) is 8.46. The number of hydrogen-bond acceptors (Lipinski definition) is 4. The lowest BCUT2D eigenvalue weighted by atomic mass is 9.87. The molecule has 124 valence electrons. The average Bonchev–Trinajstić information content (AvgIpc) is 2.27. The van der Waals surface area contributed by atoms with E-state index < -0.39 is 17.8 Å². The highest BCUT2D eigenvalue weighted by atomic mass is 79.9. The van der Waals surface area contributed by atoms with E-state index in [1.54, 1.807) is 20.8 Å². The van der Waals surface area contributed by atoms with E-state index in [4.69, 9.17) is 9.47 Å². The van der Waals surface area contributed by atoms with Crippen molar-refractivity contribution in [3.8, 4) is 0 Å². The van der Waals surface area contributed by atoms with Crippen LogP contribution in [-0.4, -0.2) is 42.3 Å². The van der Waals surface area contributed by atoms with Gasteiger partial charge in [0.1, 0.15) is 12.2 Å². The van der Waals surface area contributed by atoms with Gasteiger partial charge >= 0.3 is 12.2 Å². The molecular weight excluding hydrogens is 340 g/mol. The lowest BCUT2D eigenvalue weighted by Crippen LogP contribution is -2.51. The first-order valence-electron chi connectivity index (χ1n) is 6.92. The van der Waals surface area contributed by atoms with Crippen LogP contribution in [0.4, 0.5) is 9.59 Å². The molecule has 0 aliphatic rings. The van der Waals surface area contributed by atoms with Crippen LogP contribution in [0.2, 0.25) is 0 Å². The van der Waals surface area contributed by atoms with Gasteiger partial charge in [0.25, 0.3) is 0 Å². The SMILES string of the molecule is CC(C)(C)OC(=O)N[C@@H](CNC(=O)OCCBr)C(C)(C)C. The molecule has 0 fully saturated rings. The number of hydrogen-bond donors (Lipinski definition) is 2. The van der Waals surface area contributed by atoms with Crippen LogP contribution in [0.1, 0.15) is 41.5 Å². The number of rotatable bonds is 5. The van der Waals surface area contributed by atoms with Crippen LogP contribution < -0.4 is 10.6 Å². The molecular formula is C14H27BrN2O4. The van der Waals surface area contributed by atoms with E-state index in [2.05, 4.69) is 26.6 Å². The lowest BCUT2D eigenvalue weighted by molar-refractivity contribution is 0.0461. The summed E-state index contributed by atoms with van der Waals surface area (Å²) in [7, 11) is 0. The topological polar surface area (TPSA) is 76.7 Å². The second-order valence-electron chi connectivity index (χ2n) is 6.77. The van der Waals surface area contributed by atoms with Crippen molar-refractivity contribution in [1.29, 1.82) is 0 Å². The molecule has 7 heteroatoms. The van der Waals surface area contributed by atoms with E-state index in [0.29, 0.717) is 11.9 Å². The van der Waals surface area contributed by atoms with E-state index in [0.717, 1.165) is 0 Å². The Morgan fingerprint density at radius 1 is 1.10 bits per heavy atom. The number of halogens is 1. The van der Waals surface area contributed by atoms with Crippen LogP contribution in [0.3, 0.4) is 0 Å². The van der Waals surface area contributed by atoms with Crippen LogP contribution in [-0.2, 0) is 9.47 Å². The van der Waals surface area contributed by atoms with Gasteiger partial charge < -0.3 is 20.1 Å². The third kappa shape index (κ3) is 10.4. The highest BCUT2D eigenvalue weighted by Gasteiger charge is 2.28. The molecule has 0 heterocycles. The molecule has 0 saturated carbocycles. The van der Waals surface area contributed by atoms with Gasteiger partial charge in [-0.15, -0.1) is 0 Å². The molecule has 0 aliphatic heterocycles. The normalized spacial score (nSPS) is 13.3. The summed E-state index contributed by atoms with van der Waals surface area (Å²) in [5, 5.41) is 6.01. The first-order valence-corrected chi connectivity index (χ1v) is 8.04. The minimum Gasteiger partial charge on any atom is -0.449 e. The summed E-state index contributed by atoms with van der Waals surface area (Å²) in [6.45, 7) is 11.9. The maximum absolute atomic E-state index is 11.8. The smallest absolute Gasteiger partial charge is 0.407 e. The van der Waals surface area contributed by atoms with E-state index >= 15 is 0 Å². The first-order chi connectivity index (χ1) is 9.45. The highest BCUT2D eigenvalue weighted by Crippen LogP contribution is 2.19. The molecule has 2 amide bonds. The van der Waals surface area contributed by atoms with Gasteiger partial charge in [-0.1, -0.05) is 36.7 Å². The van der Waals surface area contributed by atoms with E-state index in [9.17, 15) is 9.59 Å². The van der Waals surface area contributed by atoms with Crippen LogP contribution in [0.15, 0.2) is 0 Å². The standard InChI is InChI=1S/C14H27BrN2O4/c1-13(2,3)10(9-16-11(18)20-8-7-15)17-12(19)21-14(4,5)6/h10H,7-9H2,1-6H3,(H,16,18)(H,17,19)/t10-/m0/s1. The Morgan fingerprint density at radius 2 is 1.67 bits per heavy atom. The molecule has 1 atom stereocenters. The summed E-state index contributed by atoms with van der Waals surface area (Å²) < 4.78 is 10.1. The largest absolute Gasteiger partial charge is 0.449 e. The molecule has 0 spiro atoms. The number of carbonyl (C=O) groups is 2. The molecule has 0 saturated heterocycles. The Morgan fingerprint density at radius 3 is 2.10 bits per heavy atom. The van der Waals surface area contributed by atoms with Crippen LogP contribution >= 0.6 is 15.9 Å². The zero-order valence-electron chi connectivity index (χ0n) is 13.7. The number of nitrogens with one attached hydrogen (secondary N) is 2. The van der Waals surface area contributed by atoms with Crippen LogP contribution in [0, 0.1) is 5.41 Å². The predicted molar refractivity (Wildman–Crippen MR) is 85.8 cm³/mol. The fourth-order valence-electron chi connectivity index (χ4n) is 1.39. The summed E-state index contributed by atoms with van der Waals surface area (Å²) in [5.41, 5.74) is -0.797. The van der Waals surface area contributed by atoms with Crippen molar-refractivity contribution in [1.82, 2.24) is 10.6 Å². The van der Waals surface area contributed by atoms with Crippen molar-refractivity contribution >= 4 is 28.1 Å². The summed E-state index contributed by atoms with van der Waals surface area (Å²) in [5.74, 6) is 0. The quantitative estimate of drug-likeness (QED) is 0.733. The molecule has 2 N–H and O–H groups in total. The molecule has 0 aliphatic carbocycles. The first kappa shape index (κ1) is 20.0. The van der Waals surface area contributed by atoms with Crippen molar-refractivity contribution in [3.05, 3.63) is 0 Å². The van der Waals surface area contributed by atoms with E-state index in [1.807, 2.05) is 20.8 Å². The summed E-state index contributed by atoms with van der Waals surface area (Å²) >= 11 is 3.17. The van der Waals surface area contributed by atoms with Gasteiger partial charge in [-0.25, -0.2) is 9.59 Å². The van der Waals surface area contributed by atoms with Crippen molar-refractivity contribution in [2.24, 2.45) is 5.41 Å². The van der Waals surface area contributed by atoms with Crippen molar-refractivity contribution in [3.63, 3.8) is 0 Å². The minimum atomic E-state index is -0.561. The molecule has 21 heavy (non-hydrogen) atoms. The van der Waals surface area contributed by atoms with Gasteiger partial charge in [0.2, 0.25) is 0 Å². The zero-order valence-corrected chi connectivity index (χ0v) is 15.3. The molecule has 6 nitrogen and oxygen atoms in total. The van der Waals surface area contributed by atoms with Gasteiger partial charge in [0.05, 0.1) is 6.04 Å². The fourth-order valence-corrected chi connectivity index (χ4v) is 1.55. The highest BCUT2D eigenvalue weighted by molar-refractivity contribution is 9.09. The Labute approximate surface area is 135 Å². The Bertz CT molecular complexity index is 348. The van der Waals surface area contributed by atoms with Gasteiger partial charge in [-0.3, -0.25) is 0 Å². The van der Waals surface area contributed by atoms with Crippen LogP contribution in [0.5, 0.6) is 0 Å².